The topological polar surface area (TPSA) is 53.3 Å². The van der Waals surface area contributed by atoms with Crippen LogP contribution in [-0.4, -0.2) is 19.2 Å². The molecule has 0 saturated heterocycles. The number of methoxy groups -OCH3 is 1. The Labute approximate surface area is 116 Å². The fourth-order valence-corrected chi connectivity index (χ4v) is 2.50. The van der Waals surface area contributed by atoms with Crippen LogP contribution in [0.25, 0.3) is 16.8 Å². The Morgan fingerprint density at radius 1 is 1.30 bits per heavy atom. The molecule has 0 aromatic heterocycles. The summed E-state index contributed by atoms with van der Waals surface area (Å²) in [6.45, 7) is 0. The van der Waals surface area contributed by atoms with Crippen molar-refractivity contribution in [2.45, 2.75) is 6.04 Å². The van der Waals surface area contributed by atoms with E-state index in [1.54, 1.807) is 6.08 Å². The quantitative estimate of drug-likeness (QED) is 0.733. The molecule has 1 atom stereocenters. The Balaban J connectivity index is 2.26. The van der Waals surface area contributed by atoms with Crippen LogP contribution in [0.5, 0.6) is 0 Å². The van der Waals surface area contributed by atoms with Gasteiger partial charge in [-0.3, -0.25) is 4.90 Å². The number of hydrogen-bond donors (Lipinski definition) is 0. The summed E-state index contributed by atoms with van der Waals surface area (Å²) in [7, 11) is 1.32. The number of benzene rings is 2. The first kappa shape index (κ1) is 12.2. The van der Waals surface area contributed by atoms with E-state index < -0.39 is 12.1 Å². The molecule has 2 aromatic carbocycles. The molecular weight excluding hydrogens is 252 g/mol. The van der Waals surface area contributed by atoms with Crippen LogP contribution in [-0.2, 0) is 4.74 Å². The second-order valence-electron chi connectivity index (χ2n) is 4.49. The molecule has 0 spiro atoms. The summed E-state index contributed by atoms with van der Waals surface area (Å²) in [5, 5.41) is 11.3. The summed E-state index contributed by atoms with van der Waals surface area (Å²) < 4.78 is 4.79. The highest BCUT2D eigenvalue weighted by Gasteiger charge is 2.29. The molecule has 1 amide bonds. The van der Waals surface area contributed by atoms with Gasteiger partial charge in [0.25, 0.3) is 0 Å². The molecule has 1 unspecified atom stereocenters. The number of carbonyl (C=O) groups is 1. The maximum absolute atomic E-state index is 12.0. The lowest BCUT2D eigenvalue weighted by Gasteiger charge is -2.29. The monoisotopic (exact) mass is 264 g/mol. The molecule has 1 aliphatic rings. The predicted octanol–water partition coefficient (Wildman–Crippen LogP) is 3.33. The summed E-state index contributed by atoms with van der Waals surface area (Å²) in [6, 6.07) is 13.2. The van der Waals surface area contributed by atoms with Crippen LogP contribution in [0.2, 0.25) is 0 Å². The molecular formula is C16H12N2O2. The fraction of sp³-hybridized carbons (Fsp3) is 0.125. The first-order valence-corrected chi connectivity index (χ1v) is 6.23. The number of carbonyl (C=O) groups excluding carboxylic acids is 1. The second kappa shape index (κ2) is 4.71. The number of rotatable bonds is 0. The minimum absolute atomic E-state index is 0.530. The van der Waals surface area contributed by atoms with E-state index in [1.807, 2.05) is 42.5 Å². The van der Waals surface area contributed by atoms with Gasteiger partial charge in [0.2, 0.25) is 0 Å². The van der Waals surface area contributed by atoms with E-state index in [0.29, 0.717) is 5.69 Å². The molecule has 1 aliphatic heterocycles. The molecule has 0 fully saturated rings. The average Bonchev–Trinajstić information content (AvgIpc) is 2.52. The third-order valence-corrected chi connectivity index (χ3v) is 3.43. The smallest absolute Gasteiger partial charge is 0.415 e. The fourth-order valence-electron chi connectivity index (χ4n) is 2.50. The Morgan fingerprint density at radius 2 is 2.10 bits per heavy atom. The maximum atomic E-state index is 12.0. The van der Waals surface area contributed by atoms with Crippen LogP contribution in [0.1, 0.15) is 5.56 Å². The van der Waals surface area contributed by atoms with Gasteiger partial charge < -0.3 is 4.74 Å². The standard InChI is InChI=1S/C16H12N2O2/c1-20-16(19)18-12(10-17)7-8-14-13-5-3-2-4-11(13)6-9-15(14)18/h2-9,12H,1H3. The van der Waals surface area contributed by atoms with Gasteiger partial charge in [0.15, 0.2) is 0 Å². The Morgan fingerprint density at radius 3 is 2.85 bits per heavy atom. The van der Waals surface area contributed by atoms with Crippen LogP contribution in [0.4, 0.5) is 10.5 Å². The van der Waals surface area contributed by atoms with Crippen LogP contribution in [0.3, 0.4) is 0 Å². The van der Waals surface area contributed by atoms with Crippen LogP contribution in [0.15, 0.2) is 42.5 Å². The van der Waals surface area contributed by atoms with Crippen molar-refractivity contribution in [1.82, 2.24) is 0 Å². The third kappa shape index (κ3) is 1.72. The zero-order valence-electron chi connectivity index (χ0n) is 10.9. The number of hydrogen-bond acceptors (Lipinski definition) is 3. The van der Waals surface area contributed by atoms with Crippen molar-refractivity contribution in [2.24, 2.45) is 0 Å². The Kier molecular flexibility index (Phi) is 2.88. The first-order chi connectivity index (χ1) is 9.76. The lowest BCUT2D eigenvalue weighted by atomic mass is 9.97. The van der Waals surface area contributed by atoms with Gasteiger partial charge in [-0.25, -0.2) is 4.79 Å². The van der Waals surface area contributed by atoms with E-state index in [2.05, 4.69) is 6.07 Å². The molecule has 0 aliphatic carbocycles. The Bertz CT molecular complexity index is 759. The highest BCUT2D eigenvalue weighted by molar-refractivity contribution is 6.03. The van der Waals surface area contributed by atoms with Gasteiger partial charge in [-0.15, -0.1) is 0 Å². The van der Waals surface area contributed by atoms with E-state index in [-0.39, 0.29) is 0 Å². The SMILES string of the molecule is COC(=O)N1c2ccc3ccccc3c2C=CC1C#N. The third-order valence-electron chi connectivity index (χ3n) is 3.43. The van der Waals surface area contributed by atoms with E-state index >= 15 is 0 Å². The molecule has 0 N–H and O–H groups in total. The van der Waals surface area contributed by atoms with Gasteiger partial charge in [-0.05, 0) is 22.9 Å². The first-order valence-electron chi connectivity index (χ1n) is 6.23. The Hall–Kier alpha value is -2.80. The predicted molar refractivity (Wildman–Crippen MR) is 77.3 cm³/mol. The van der Waals surface area contributed by atoms with Gasteiger partial charge in [0, 0.05) is 5.56 Å². The summed E-state index contributed by atoms with van der Waals surface area (Å²) >= 11 is 0. The van der Waals surface area contributed by atoms with E-state index in [4.69, 9.17) is 4.74 Å². The number of nitrogens with zero attached hydrogens (tertiary/aromatic N) is 2. The lowest BCUT2D eigenvalue weighted by molar-refractivity contribution is 0.178. The van der Waals surface area contributed by atoms with Crippen molar-refractivity contribution in [1.29, 1.82) is 5.26 Å². The zero-order valence-corrected chi connectivity index (χ0v) is 10.9. The van der Waals surface area contributed by atoms with Gasteiger partial charge in [0.05, 0.1) is 18.9 Å². The highest BCUT2D eigenvalue weighted by Crippen LogP contribution is 2.35. The summed E-state index contributed by atoms with van der Waals surface area (Å²) in [5.41, 5.74) is 1.63. The maximum Gasteiger partial charge on any atom is 0.415 e. The summed E-state index contributed by atoms with van der Waals surface area (Å²) in [4.78, 5) is 13.3. The minimum Gasteiger partial charge on any atom is -0.452 e. The highest BCUT2D eigenvalue weighted by atomic mass is 16.5. The van der Waals surface area contributed by atoms with Crippen LogP contribution >= 0.6 is 0 Å². The zero-order chi connectivity index (χ0) is 14.1. The molecule has 4 nitrogen and oxygen atoms in total. The lowest BCUT2D eigenvalue weighted by Crippen LogP contribution is -2.40. The van der Waals surface area contributed by atoms with Crippen molar-refractivity contribution in [3.8, 4) is 6.07 Å². The van der Waals surface area contributed by atoms with Crippen LogP contribution in [0, 0.1) is 11.3 Å². The molecule has 4 heteroatoms. The number of anilines is 1. The molecule has 3 rings (SSSR count). The normalized spacial score (nSPS) is 16.6. The van der Waals surface area contributed by atoms with Gasteiger partial charge in [0.1, 0.15) is 6.04 Å². The molecule has 1 heterocycles. The average molecular weight is 264 g/mol. The van der Waals surface area contributed by atoms with Crippen LogP contribution < -0.4 is 4.90 Å². The number of amides is 1. The van der Waals surface area contributed by atoms with E-state index in [0.717, 1.165) is 16.3 Å². The summed E-state index contributed by atoms with van der Waals surface area (Å²) in [5.74, 6) is 0. The van der Waals surface area contributed by atoms with Gasteiger partial charge >= 0.3 is 6.09 Å². The second-order valence-corrected chi connectivity index (χ2v) is 4.49. The molecule has 0 radical (unpaired) electrons. The van der Waals surface area contributed by atoms with E-state index in [1.165, 1.54) is 12.0 Å². The molecule has 20 heavy (non-hydrogen) atoms. The molecule has 2 aromatic rings. The molecule has 0 bridgehead atoms. The van der Waals surface area contributed by atoms with Crippen molar-refractivity contribution >= 4 is 28.6 Å². The number of ether oxygens (including phenoxy) is 1. The number of nitriles is 1. The summed E-state index contributed by atoms with van der Waals surface area (Å²) in [6.07, 6.45) is 3.08. The van der Waals surface area contributed by atoms with Gasteiger partial charge in [-0.2, -0.15) is 5.26 Å². The van der Waals surface area contributed by atoms with E-state index in [9.17, 15) is 10.1 Å². The van der Waals surface area contributed by atoms with Crippen molar-refractivity contribution < 1.29 is 9.53 Å². The van der Waals surface area contributed by atoms with Crippen molar-refractivity contribution in [3.05, 3.63) is 48.0 Å². The van der Waals surface area contributed by atoms with Crippen molar-refractivity contribution in [2.75, 3.05) is 12.0 Å². The largest absolute Gasteiger partial charge is 0.452 e. The minimum atomic E-state index is -0.642. The van der Waals surface area contributed by atoms with Gasteiger partial charge in [-0.1, -0.05) is 36.4 Å². The molecule has 98 valence electrons. The van der Waals surface area contributed by atoms with Crippen molar-refractivity contribution in [3.63, 3.8) is 0 Å². The molecule has 0 saturated carbocycles. The number of fused-ring (bicyclic) bond motifs is 3.